The molecule has 0 aliphatic heterocycles. The molecule has 2 aromatic carbocycles. The van der Waals surface area contributed by atoms with E-state index in [9.17, 15) is 4.79 Å². The number of carbonyl (C=O) groups excluding carboxylic acids is 1. The van der Waals surface area contributed by atoms with Gasteiger partial charge in [0.25, 0.3) is 0 Å². The largest absolute Gasteiger partial charge is 0.323 e. The van der Waals surface area contributed by atoms with E-state index in [1.54, 1.807) is 18.2 Å². The fraction of sp³-hybridized carbons (Fsp3) is 0. The van der Waals surface area contributed by atoms with Crippen LogP contribution in [0.5, 0.6) is 0 Å². The van der Waals surface area contributed by atoms with Crippen molar-refractivity contribution in [1.29, 1.82) is 0 Å². The molecule has 2 rings (SSSR count). The van der Waals surface area contributed by atoms with Crippen molar-refractivity contribution in [3.63, 3.8) is 0 Å². The van der Waals surface area contributed by atoms with E-state index in [1.165, 1.54) is 0 Å². The van der Waals surface area contributed by atoms with Gasteiger partial charge in [-0.2, -0.15) is 0 Å². The van der Waals surface area contributed by atoms with E-state index in [2.05, 4.69) is 33.2 Å². The number of urea groups is 1. The first-order chi connectivity index (χ1) is 9.06. The molecule has 0 spiro atoms. The number of rotatable bonds is 2. The maximum Gasteiger partial charge on any atom is 0.323 e. The standard InChI is InChI=1S/C13H9Cl2IN2O/c14-9-6-5-8(7-10(9)15)17-13(19)18-12-4-2-1-3-11(12)16/h1-7H,(H2,17,18,19). The van der Waals surface area contributed by atoms with Gasteiger partial charge < -0.3 is 10.6 Å². The van der Waals surface area contributed by atoms with Crippen molar-refractivity contribution in [3.8, 4) is 0 Å². The molecule has 0 bridgehead atoms. The molecule has 3 nitrogen and oxygen atoms in total. The van der Waals surface area contributed by atoms with Gasteiger partial charge in [0.1, 0.15) is 0 Å². The van der Waals surface area contributed by atoms with Crippen LogP contribution in [0.1, 0.15) is 0 Å². The lowest BCUT2D eigenvalue weighted by Crippen LogP contribution is -2.19. The maximum atomic E-state index is 11.8. The number of para-hydroxylation sites is 1. The maximum absolute atomic E-state index is 11.8. The van der Waals surface area contributed by atoms with E-state index in [1.807, 2.05) is 24.3 Å². The third kappa shape index (κ3) is 3.99. The number of anilines is 2. The van der Waals surface area contributed by atoms with Crippen LogP contribution in [0.15, 0.2) is 42.5 Å². The van der Waals surface area contributed by atoms with Gasteiger partial charge in [0, 0.05) is 9.26 Å². The normalized spacial score (nSPS) is 10.1. The fourth-order valence-corrected chi connectivity index (χ4v) is 2.24. The molecule has 2 amide bonds. The minimum absolute atomic E-state index is 0.331. The second-order valence-electron chi connectivity index (χ2n) is 3.69. The van der Waals surface area contributed by atoms with Crippen LogP contribution in [0.4, 0.5) is 16.2 Å². The third-order valence-corrected chi connectivity index (χ3v) is 3.98. The molecular formula is C13H9Cl2IN2O. The van der Waals surface area contributed by atoms with Gasteiger partial charge in [-0.15, -0.1) is 0 Å². The minimum atomic E-state index is -0.331. The van der Waals surface area contributed by atoms with Gasteiger partial charge in [0.15, 0.2) is 0 Å². The molecule has 6 heteroatoms. The van der Waals surface area contributed by atoms with Crippen LogP contribution in [0.25, 0.3) is 0 Å². The Morgan fingerprint density at radius 2 is 1.74 bits per heavy atom. The fourth-order valence-electron chi connectivity index (χ4n) is 1.42. The summed E-state index contributed by atoms with van der Waals surface area (Å²) in [6.07, 6.45) is 0. The van der Waals surface area contributed by atoms with Gasteiger partial charge in [-0.1, -0.05) is 35.3 Å². The first-order valence-electron chi connectivity index (χ1n) is 5.34. The van der Waals surface area contributed by atoms with Gasteiger partial charge in [-0.25, -0.2) is 4.79 Å². The zero-order valence-electron chi connectivity index (χ0n) is 9.58. The number of halogens is 3. The van der Waals surface area contributed by atoms with E-state index >= 15 is 0 Å². The number of nitrogens with one attached hydrogen (secondary N) is 2. The van der Waals surface area contributed by atoms with Crippen LogP contribution in [-0.2, 0) is 0 Å². The van der Waals surface area contributed by atoms with Crippen molar-refractivity contribution < 1.29 is 4.79 Å². The van der Waals surface area contributed by atoms with Crippen LogP contribution in [0, 0.1) is 3.57 Å². The molecule has 0 unspecified atom stereocenters. The van der Waals surface area contributed by atoms with E-state index in [0.29, 0.717) is 15.7 Å². The molecule has 98 valence electrons. The number of benzene rings is 2. The summed E-state index contributed by atoms with van der Waals surface area (Å²) in [7, 11) is 0. The van der Waals surface area contributed by atoms with Crippen LogP contribution >= 0.6 is 45.8 Å². The Morgan fingerprint density at radius 3 is 2.42 bits per heavy atom. The lowest BCUT2D eigenvalue weighted by molar-refractivity contribution is 0.262. The van der Waals surface area contributed by atoms with E-state index in [0.717, 1.165) is 9.26 Å². The molecule has 0 radical (unpaired) electrons. The van der Waals surface area contributed by atoms with Gasteiger partial charge in [0.05, 0.1) is 15.7 Å². The van der Waals surface area contributed by atoms with Crippen LogP contribution < -0.4 is 10.6 Å². The Morgan fingerprint density at radius 1 is 1.00 bits per heavy atom. The molecular weight excluding hydrogens is 398 g/mol. The Labute approximate surface area is 134 Å². The molecule has 0 heterocycles. The highest BCUT2D eigenvalue weighted by Gasteiger charge is 2.06. The molecule has 0 atom stereocenters. The predicted molar refractivity (Wildman–Crippen MR) is 88.3 cm³/mol. The summed E-state index contributed by atoms with van der Waals surface area (Å²) in [6, 6.07) is 12.1. The summed E-state index contributed by atoms with van der Waals surface area (Å²) < 4.78 is 0.962. The van der Waals surface area contributed by atoms with Crippen molar-refractivity contribution in [2.45, 2.75) is 0 Å². The lowest BCUT2D eigenvalue weighted by atomic mass is 10.3. The summed E-state index contributed by atoms with van der Waals surface area (Å²) in [4.78, 5) is 11.8. The monoisotopic (exact) mass is 406 g/mol. The number of hydrogen-bond donors (Lipinski definition) is 2. The SMILES string of the molecule is O=C(Nc1ccc(Cl)c(Cl)c1)Nc1ccccc1I. The topological polar surface area (TPSA) is 41.1 Å². The Hall–Kier alpha value is -0.980. The summed E-state index contributed by atoms with van der Waals surface area (Å²) in [5, 5.41) is 6.29. The van der Waals surface area contributed by atoms with Gasteiger partial charge in [-0.3, -0.25) is 0 Å². The number of amides is 2. The van der Waals surface area contributed by atoms with E-state index in [-0.39, 0.29) is 6.03 Å². The van der Waals surface area contributed by atoms with Crippen molar-refractivity contribution >= 4 is 63.2 Å². The highest BCUT2D eigenvalue weighted by Crippen LogP contribution is 2.25. The van der Waals surface area contributed by atoms with Crippen molar-refractivity contribution in [3.05, 3.63) is 56.1 Å². The zero-order chi connectivity index (χ0) is 13.8. The van der Waals surface area contributed by atoms with E-state index < -0.39 is 0 Å². The van der Waals surface area contributed by atoms with Crippen LogP contribution in [-0.4, -0.2) is 6.03 Å². The number of hydrogen-bond acceptors (Lipinski definition) is 1. The summed E-state index contributed by atoms with van der Waals surface area (Å²) in [5.41, 5.74) is 1.33. The Balaban J connectivity index is 2.05. The van der Waals surface area contributed by atoms with Gasteiger partial charge in [0.2, 0.25) is 0 Å². The smallest absolute Gasteiger partial charge is 0.308 e. The lowest BCUT2D eigenvalue weighted by Gasteiger charge is -2.09. The molecule has 0 fully saturated rings. The highest BCUT2D eigenvalue weighted by atomic mass is 127. The second-order valence-corrected chi connectivity index (χ2v) is 5.66. The van der Waals surface area contributed by atoms with Crippen LogP contribution in [0.3, 0.4) is 0 Å². The molecule has 0 saturated carbocycles. The predicted octanol–water partition coefficient (Wildman–Crippen LogP) is 5.24. The van der Waals surface area contributed by atoms with E-state index in [4.69, 9.17) is 23.2 Å². The average Bonchev–Trinajstić information content (AvgIpc) is 2.37. The van der Waals surface area contributed by atoms with Crippen molar-refractivity contribution in [1.82, 2.24) is 0 Å². The Kier molecular flexibility index (Phi) is 4.90. The Bertz CT molecular complexity index is 619. The van der Waals surface area contributed by atoms with Gasteiger partial charge in [-0.05, 0) is 52.9 Å². The highest BCUT2D eigenvalue weighted by molar-refractivity contribution is 14.1. The summed E-state index contributed by atoms with van der Waals surface area (Å²) in [5.74, 6) is 0. The second kappa shape index (κ2) is 6.45. The first kappa shape index (κ1) is 14.4. The molecule has 0 aliphatic rings. The first-order valence-corrected chi connectivity index (χ1v) is 7.17. The molecule has 19 heavy (non-hydrogen) atoms. The van der Waals surface area contributed by atoms with Gasteiger partial charge >= 0.3 is 6.03 Å². The van der Waals surface area contributed by atoms with Crippen molar-refractivity contribution in [2.24, 2.45) is 0 Å². The summed E-state index contributed by atoms with van der Waals surface area (Å²) in [6.45, 7) is 0. The van der Waals surface area contributed by atoms with Crippen molar-refractivity contribution in [2.75, 3.05) is 10.6 Å². The van der Waals surface area contributed by atoms with Crippen LogP contribution in [0.2, 0.25) is 10.0 Å². The summed E-state index contributed by atoms with van der Waals surface area (Å²) >= 11 is 13.8. The molecule has 2 N–H and O–H groups in total. The minimum Gasteiger partial charge on any atom is -0.308 e. The molecule has 2 aromatic rings. The third-order valence-electron chi connectivity index (χ3n) is 2.30. The quantitative estimate of drug-likeness (QED) is 0.657. The number of carbonyl (C=O) groups is 1. The molecule has 0 aliphatic carbocycles. The molecule has 0 saturated heterocycles. The average molecular weight is 407 g/mol. The molecule has 0 aromatic heterocycles. The zero-order valence-corrected chi connectivity index (χ0v) is 13.3.